The highest BCUT2D eigenvalue weighted by Crippen LogP contribution is 2.21. The quantitative estimate of drug-likeness (QED) is 0.751. The monoisotopic (exact) mass is 303 g/mol. The predicted molar refractivity (Wildman–Crippen MR) is 93.9 cm³/mol. The molecule has 2 aromatic heterocycles. The molecule has 3 rings (SSSR count). The SMILES string of the molecule is C[C@H](N[C@H](C)c1ccccn1)c1cccc(-c2ccccc2)n1. The van der Waals surface area contributed by atoms with Gasteiger partial charge in [0.05, 0.1) is 17.1 Å². The summed E-state index contributed by atoms with van der Waals surface area (Å²) in [5.74, 6) is 0. The van der Waals surface area contributed by atoms with Crippen LogP contribution in [0.4, 0.5) is 0 Å². The van der Waals surface area contributed by atoms with E-state index in [4.69, 9.17) is 4.98 Å². The van der Waals surface area contributed by atoms with Crippen LogP contribution < -0.4 is 5.32 Å². The van der Waals surface area contributed by atoms with Crippen LogP contribution in [-0.4, -0.2) is 9.97 Å². The average molecular weight is 303 g/mol. The zero-order valence-corrected chi connectivity index (χ0v) is 13.5. The fraction of sp³-hybridized carbons (Fsp3) is 0.200. The molecule has 2 atom stereocenters. The minimum atomic E-state index is 0.149. The first-order chi connectivity index (χ1) is 11.2. The number of nitrogens with one attached hydrogen (secondary N) is 1. The molecule has 0 unspecified atom stereocenters. The second-order valence-electron chi connectivity index (χ2n) is 5.68. The number of rotatable bonds is 5. The third-order valence-corrected chi connectivity index (χ3v) is 3.92. The van der Waals surface area contributed by atoms with E-state index in [1.807, 2.05) is 48.7 Å². The van der Waals surface area contributed by atoms with Crippen molar-refractivity contribution in [1.29, 1.82) is 0 Å². The van der Waals surface area contributed by atoms with Gasteiger partial charge >= 0.3 is 0 Å². The zero-order chi connectivity index (χ0) is 16.1. The van der Waals surface area contributed by atoms with Crippen molar-refractivity contribution in [1.82, 2.24) is 15.3 Å². The van der Waals surface area contributed by atoms with Gasteiger partial charge in [0.15, 0.2) is 0 Å². The lowest BCUT2D eigenvalue weighted by Crippen LogP contribution is -2.23. The second-order valence-corrected chi connectivity index (χ2v) is 5.68. The van der Waals surface area contributed by atoms with E-state index in [2.05, 4.69) is 48.4 Å². The number of aromatic nitrogens is 2. The van der Waals surface area contributed by atoms with Gasteiger partial charge in [-0.3, -0.25) is 9.97 Å². The molecule has 0 aliphatic carbocycles. The van der Waals surface area contributed by atoms with Gasteiger partial charge in [-0.05, 0) is 38.1 Å². The van der Waals surface area contributed by atoms with Crippen LogP contribution >= 0.6 is 0 Å². The summed E-state index contributed by atoms with van der Waals surface area (Å²) in [7, 11) is 0. The molecule has 0 spiro atoms. The number of nitrogens with zero attached hydrogens (tertiary/aromatic N) is 2. The second kappa shape index (κ2) is 7.16. The molecular formula is C20H21N3. The Morgan fingerprint density at radius 3 is 2.17 bits per heavy atom. The molecule has 0 aliphatic rings. The fourth-order valence-electron chi connectivity index (χ4n) is 2.64. The molecule has 1 aromatic carbocycles. The average Bonchev–Trinajstić information content (AvgIpc) is 2.63. The Morgan fingerprint density at radius 2 is 1.43 bits per heavy atom. The topological polar surface area (TPSA) is 37.8 Å². The van der Waals surface area contributed by atoms with Gasteiger partial charge in [-0.2, -0.15) is 0 Å². The van der Waals surface area contributed by atoms with E-state index in [1.165, 1.54) is 0 Å². The van der Waals surface area contributed by atoms with Crippen LogP contribution in [0.1, 0.15) is 37.3 Å². The van der Waals surface area contributed by atoms with Gasteiger partial charge < -0.3 is 5.32 Å². The van der Waals surface area contributed by atoms with Gasteiger partial charge in [0, 0.05) is 23.8 Å². The number of pyridine rings is 2. The first-order valence-corrected chi connectivity index (χ1v) is 7.93. The third-order valence-electron chi connectivity index (χ3n) is 3.92. The predicted octanol–water partition coefficient (Wildman–Crippen LogP) is 4.56. The van der Waals surface area contributed by atoms with Gasteiger partial charge in [0.2, 0.25) is 0 Å². The first-order valence-electron chi connectivity index (χ1n) is 7.93. The minimum Gasteiger partial charge on any atom is -0.301 e. The fourth-order valence-corrected chi connectivity index (χ4v) is 2.64. The largest absolute Gasteiger partial charge is 0.301 e. The normalized spacial score (nSPS) is 13.5. The summed E-state index contributed by atoms with van der Waals surface area (Å²) in [6.45, 7) is 4.26. The maximum Gasteiger partial charge on any atom is 0.0706 e. The summed E-state index contributed by atoms with van der Waals surface area (Å²) in [5.41, 5.74) is 4.22. The van der Waals surface area contributed by atoms with E-state index < -0.39 is 0 Å². The lowest BCUT2D eigenvalue weighted by molar-refractivity contribution is 0.479. The summed E-state index contributed by atoms with van der Waals surface area (Å²) in [4.78, 5) is 9.21. The van der Waals surface area contributed by atoms with Crippen molar-refractivity contribution in [2.45, 2.75) is 25.9 Å². The molecule has 116 valence electrons. The Labute approximate surface area is 137 Å². The Balaban J connectivity index is 1.76. The van der Waals surface area contributed by atoms with Gasteiger partial charge in [-0.15, -0.1) is 0 Å². The molecule has 0 amide bonds. The summed E-state index contributed by atoms with van der Waals surface area (Å²) >= 11 is 0. The number of hydrogen-bond donors (Lipinski definition) is 1. The third kappa shape index (κ3) is 3.82. The van der Waals surface area contributed by atoms with Crippen LogP contribution in [0.2, 0.25) is 0 Å². The van der Waals surface area contributed by atoms with Crippen molar-refractivity contribution in [2.24, 2.45) is 0 Å². The van der Waals surface area contributed by atoms with Crippen LogP contribution in [0.25, 0.3) is 11.3 Å². The molecule has 0 radical (unpaired) electrons. The number of benzene rings is 1. The summed E-state index contributed by atoms with van der Waals surface area (Å²) in [5, 5.41) is 3.57. The standard InChI is InChI=1S/C20H21N3/c1-15(18-11-6-7-14-21-18)22-16(2)19-12-8-13-20(23-19)17-9-4-3-5-10-17/h3-16,22H,1-2H3/t15-,16+/m1/s1. The Kier molecular flexibility index (Phi) is 4.79. The Morgan fingerprint density at radius 1 is 0.739 bits per heavy atom. The van der Waals surface area contributed by atoms with Crippen LogP contribution in [-0.2, 0) is 0 Å². The van der Waals surface area contributed by atoms with Crippen molar-refractivity contribution >= 4 is 0 Å². The highest BCUT2D eigenvalue weighted by molar-refractivity contribution is 5.58. The molecule has 3 nitrogen and oxygen atoms in total. The maximum absolute atomic E-state index is 4.81. The van der Waals surface area contributed by atoms with Crippen LogP contribution in [0.3, 0.4) is 0 Å². The molecule has 0 fully saturated rings. The molecule has 2 heterocycles. The zero-order valence-electron chi connectivity index (χ0n) is 13.5. The first kappa shape index (κ1) is 15.4. The molecule has 0 aliphatic heterocycles. The molecular weight excluding hydrogens is 282 g/mol. The summed E-state index contributed by atoms with van der Waals surface area (Å²) < 4.78 is 0. The highest BCUT2D eigenvalue weighted by atomic mass is 15.0. The molecule has 3 heteroatoms. The van der Waals surface area contributed by atoms with Gasteiger partial charge in [0.25, 0.3) is 0 Å². The smallest absolute Gasteiger partial charge is 0.0706 e. The van der Waals surface area contributed by atoms with Gasteiger partial charge in [-0.25, -0.2) is 0 Å². The van der Waals surface area contributed by atoms with Crippen molar-refractivity contribution in [3.05, 3.63) is 84.3 Å². The molecule has 23 heavy (non-hydrogen) atoms. The highest BCUT2D eigenvalue weighted by Gasteiger charge is 2.13. The van der Waals surface area contributed by atoms with Crippen molar-refractivity contribution < 1.29 is 0 Å². The van der Waals surface area contributed by atoms with Gasteiger partial charge in [0.1, 0.15) is 0 Å². The van der Waals surface area contributed by atoms with Crippen LogP contribution in [0.15, 0.2) is 72.9 Å². The van der Waals surface area contributed by atoms with E-state index in [0.717, 1.165) is 22.6 Å². The van der Waals surface area contributed by atoms with Crippen LogP contribution in [0.5, 0.6) is 0 Å². The summed E-state index contributed by atoms with van der Waals surface area (Å²) in [6, 6.07) is 22.7. The van der Waals surface area contributed by atoms with E-state index in [9.17, 15) is 0 Å². The van der Waals surface area contributed by atoms with Crippen molar-refractivity contribution in [3.8, 4) is 11.3 Å². The molecule has 1 N–H and O–H groups in total. The van der Waals surface area contributed by atoms with Crippen molar-refractivity contribution in [3.63, 3.8) is 0 Å². The Bertz CT molecular complexity index is 741. The molecule has 0 saturated carbocycles. The maximum atomic E-state index is 4.81. The minimum absolute atomic E-state index is 0.149. The Hall–Kier alpha value is -2.52. The van der Waals surface area contributed by atoms with Crippen LogP contribution in [0, 0.1) is 0 Å². The molecule has 0 saturated heterocycles. The molecule has 0 bridgehead atoms. The lowest BCUT2D eigenvalue weighted by atomic mass is 10.1. The van der Waals surface area contributed by atoms with E-state index >= 15 is 0 Å². The van der Waals surface area contributed by atoms with Gasteiger partial charge in [-0.1, -0.05) is 42.5 Å². The lowest BCUT2D eigenvalue weighted by Gasteiger charge is -2.19. The van der Waals surface area contributed by atoms with E-state index in [0.29, 0.717) is 0 Å². The molecule has 3 aromatic rings. The van der Waals surface area contributed by atoms with E-state index in [-0.39, 0.29) is 12.1 Å². The van der Waals surface area contributed by atoms with Crippen molar-refractivity contribution in [2.75, 3.05) is 0 Å². The summed E-state index contributed by atoms with van der Waals surface area (Å²) in [6.07, 6.45) is 1.83. The number of hydrogen-bond acceptors (Lipinski definition) is 3. The van der Waals surface area contributed by atoms with E-state index in [1.54, 1.807) is 0 Å².